The molecule has 1 heterocycles. The second kappa shape index (κ2) is 7.06. The zero-order valence-electron chi connectivity index (χ0n) is 15.4. The number of methoxy groups -OCH3 is 1. The zero-order valence-corrected chi connectivity index (χ0v) is 15.4. The maximum absolute atomic E-state index is 12.8. The summed E-state index contributed by atoms with van der Waals surface area (Å²) in [4.78, 5) is 26.1. The molecule has 2 aliphatic rings. The summed E-state index contributed by atoms with van der Waals surface area (Å²) >= 11 is 0. The van der Waals surface area contributed by atoms with Crippen LogP contribution in [0.3, 0.4) is 0 Å². The highest BCUT2D eigenvalue weighted by Crippen LogP contribution is 2.59. The molecule has 3 unspecified atom stereocenters. The van der Waals surface area contributed by atoms with E-state index in [-0.39, 0.29) is 17.2 Å². The second-order valence-corrected chi connectivity index (χ2v) is 7.38. The SMILES string of the molecule is CCC(CNC(=O)OC)C(=O)N1CCC2(c3ccccc3C)CC2C1. The molecule has 0 bridgehead atoms. The Balaban J connectivity index is 1.61. The molecule has 0 aromatic heterocycles. The van der Waals surface area contributed by atoms with E-state index in [1.165, 1.54) is 24.7 Å². The number of rotatable bonds is 5. The van der Waals surface area contributed by atoms with Crippen LogP contribution in [0.5, 0.6) is 0 Å². The quantitative estimate of drug-likeness (QED) is 0.893. The summed E-state index contributed by atoms with van der Waals surface area (Å²) in [7, 11) is 1.33. The smallest absolute Gasteiger partial charge is 0.406 e. The molecule has 1 saturated carbocycles. The number of hydrogen-bond donors (Lipinski definition) is 1. The number of carbonyl (C=O) groups is 2. The zero-order chi connectivity index (χ0) is 18.0. The Morgan fingerprint density at radius 2 is 2.16 bits per heavy atom. The second-order valence-electron chi connectivity index (χ2n) is 7.38. The Bertz CT molecular complexity index is 660. The van der Waals surface area contributed by atoms with E-state index in [9.17, 15) is 9.59 Å². The van der Waals surface area contributed by atoms with Crippen LogP contribution >= 0.6 is 0 Å². The van der Waals surface area contributed by atoms with Gasteiger partial charge in [0.15, 0.2) is 0 Å². The highest BCUT2D eigenvalue weighted by Gasteiger charge is 2.58. The van der Waals surface area contributed by atoms with Crippen molar-refractivity contribution < 1.29 is 14.3 Å². The van der Waals surface area contributed by atoms with Crippen LogP contribution in [0.4, 0.5) is 4.79 Å². The number of hydrogen-bond acceptors (Lipinski definition) is 3. The van der Waals surface area contributed by atoms with Crippen LogP contribution in [-0.4, -0.2) is 43.6 Å². The van der Waals surface area contributed by atoms with Crippen molar-refractivity contribution in [1.82, 2.24) is 10.2 Å². The lowest BCUT2D eigenvalue weighted by molar-refractivity contribution is -0.136. The van der Waals surface area contributed by atoms with E-state index in [0.717, 1.165) is 19.5 Å². The third-order valence-electron chi connectivity index (χ3n) is 6.01. The highest BCUT2D eigenvalue weighted by molar-refractivity contribution is 5.80. The van der Waals surface area contributed by atoms with Crippen molar-refractivity contribution in [3.05, 3.63) is 35.4 Å². The minimum atomic E-state index is -0.481. The van der Waals surface area contributed by atoms with Crippen molar-refractivity contribution in [3.8, 4) is 0 Å². The van der Waals surface area contributed by atoms with E-state index in [1.54, 1.807) is 0 Å². The molecule has 1 aliphatic carbocycles. The summed E-state index contributed by atoms with van der Waals surface area (Å²) in [6, 6.07) is 8.64. The first-order valence-corrected chi connectivity index (χ1v) is 9.18. The Morgan fingerprint density at radius 3 is 2.80 bits per heavy atom. The molecule has 5 heteroatoms. The van der Waals surface area contributed by atoms with Gasteiger partial charge in [-0.3, -0.25) is 4.79 Å². The van der Waals surface area contributed by atoms with Crippen molar-refractivity contribution in [3.63, 3.8) is 0 Å². The molecule has 3 atom stereocenters. The molecule has 1 saturated heterocycles. The minimum absolute atomic E-state index is 0.157. The van der Waals surface area contributed by atoms with Crippen LogP contribution in [0.2, 0.25) is 0 Å². The third kappa shape index (κ3) is 3.37. The van der Waals surface area contributed by atoms with Crippen molar-refractivity contribution in [1.29, 1.82) is 0 Å². The van der Waals surface area contributed by atoms with E-state index in [0.29, 0.717) is 18.9 Å². The molecule has 1 aromatic rings. The number of aryl methyl sites for hydroxylation is 1. The number of ether oxygens (including phenoxy) is 1. The van der Waals surface area contributed by atoms with Crippen LogP contribution in [0, 0.1) is 18.8 Å². The van der Waals surface area contributed by atoms with Gasteiger partial charge in [-0.15, -0.1) is 0 Å². The van der Waals surface area contributed by atoms with Gasteiger partial charge in [0.2, 0.25) is 5.91 Å². The average molecular weight is 344 g/mol. The van der Waals surface area contributed by atoms with Gasteiger partial charge in [0.05, 0.1) is 13.0 Å². The number of alkyl carbamates (subject to hydrolysis) is 1. The van der Waals surface area contributed by atoms with Crippen LogP contribution in [0.15, 0.2) is 24.3 Å². The Hall–Kier alpha value is -2.04. The summed E-state index contributed by atoms with van der Waals surface area (Å²) in [5, 5.41) is 2.66. The summed E-state index contributed by atoms with van der Waals surface area (Å²) < 4.78 is 4.59. The highest BCUT2D eigenvalue weighted by atomic mass is 16.5. The van der Waals surface area contributed by atoms with Crippen molar-refractivity contribution in [2.24, 2.45) is 11.8 Å². The van der Waals surface area contributed by atoms with Gasteiger partial charge in [-0.05, 0) is 43.2 Å². The number of nitrogens with zero attached hydrogens (tertiary/aromatic N) is 1. The normalized spacial score (nSPS) is 25.7. The Morgan fingerprint density at radius 1 is 1.40 bits per heavy atom. The van der Waals surface area contributed by atoms with E-state index in [4.69, 9.17) is 0 Å². The van der Waals surface area contributed by atoms with Crippen LogP contribution < -0.4 is 5.32 Å². The van der Waals surface area contributed by atoms with Gasteiger partial charge >= 0.3 is 6.09 Å². The topological polar surface area (TPSA) is 58.6 Å². The monoisotopic (exact) mass is 344 g/mol. The third-order valence-corrected chi connectivity index (χ3v) is 6.01. The Kier molecular flexibility index (Phi) is 5.02. The summed E-state index contributed by atoms with van der Waals surface area (Å²) in [6.45, 7) is 6.15. The molecule has 2 amide bonds. The Labute approximate surface area is 149 Å². The van der Waals surface area contributed by atoms with E-state index in [2.05, 4.69) is 41.2 Å². The number of carbonyl (C=O) groups excluding carboxylic acids is 2. The molecule has 25 heavy (non-hydrogen) atoms. The number of amides is 2. The molecule has 136 valence electrons. The molecular weight excluding hydrogens is 316 g/mol. The van der Waals surface area contributed by atoms with Crippen molar-refractivity contribution >= 4 is 12.0 Å². The number of piperidine rings is 1. The molecule has 1 N–H and O–H groups in total. The number of nitrogens with one attached hydrogen (secondary N) is 1. The van der Waals surface area contributed by atoms with E-state index >= 15 is 0 Å². The van der Waals surface area contributed by atoms with Crippen molar-refractivity contribution in [2.75, 3.05) is 26.7 Å². The van der Waals surface area contributed by atoms with Gasteiger partial charge in [0, 0.05) is 25.0 Å². The summed E-state index contributed by atoms with van der Waals surface area (Å²) in [5.74, 6) is 0.547. The first kappa shape index (κ1) is 17.8. The van der Waals surface area contributed by atoms with Crippen LogP contribution in [0.1, 0.15) is 37.3 Å². The van der Waals surface area contributed by atoms with Gasteiger partial charge in [0.1, 0.15) is 0 Å². The molecule has 0 spiro atoms. The summed E-state index contributed by atoms with van der Waals surface area (Å²) in [6.07, 6.45) is 2.45. The molecule has 3 rings (SSSR count). The van der Waals surface area contributed by atoms with Gasteiger partial charge < -0.3 is 15.0 Å². The van der Waals surface area contributed by atoms with Crippen LogP contribution in [-0.2, 0) is 14.9 Å². The number of fused-ring (bicyclic) bond motifs is 1. The predicted molar refractivity (Wildman–Crippen MR) is 96.3 cm³/mol. The predicted octanol–water partition coefficient (Wildman–Crippen LogP) is 2.87. The lowest BCUT2D eigenvalue weighted by Crippen LogP contribution is -2.46. The minimum Gasteiger partial charge on any atom is -0.453 e. The lowest BCUT2D eigenvalue weighted by Gasteiger charge is -2.34. The largest absolute Gasteiger partial charge is 0.453 e. The molecule has 1 aromatic carbocycles. The fourth-order valence-corrected chi connectivity index (χ4v) is 4.36. The van der Waals surface area contributed by atoms with Gasteiger partial charge in [0.25, 0.3) is 0 Å². The molecular formula is C20H28N2O3. The summed E-state index contributed by atoms with van der Waals surface area (Å²) in [5.41, 5.74) is 3.11. The fraction of sp³-hybridized carbons (Fsp3) is 0.600. The van der Waals surface area contributed by atoms with E-state index in [1.807, 2.05) is 11.8 Å². The van der Waals surface area contributed by atoms with Gasteiger partial charge in [-0.25, -0.2) is 4.79 Å². The van der Waals surface area contributed by atoms with Gasteiger partial charge in [-0.1, -0.05) is 31.2 Å². The fourth-order valence-electron chi connectivity index (χ4n) is 4.36. The standard InChI is InChI=1S/C20H28N2O3/c1-4-15(12-21-19(24)25-3)18(23)22-10-9-20(11-16(20)13-22)17-8-6-5-7-14(17)2/h5-8,15-16H,4,9-13H2,1-3H3,(H,21,24). The molecule has 2 fully saturated rings. The van der Waals surface area contributed by atoms with Gasteiger partial charge in [-0.2, -0.15) is 0 Å². The average Bonchev–Trinajstić information content (AvgIpc) is 3.36. The maximum atomic E-state index is 12.8. The first-order valence-electron chi connectivity index (χ1n) is 9.18. The number of benzene rings is 1. The van der Waals surface area contributed by atoms with Crippen LogP contribution in [0.25, 0.3) is 0 Å². The maximum Gasteiger partial charge on any atom is 0.406 e. The molecule has 5 nitrogen and oxygen atoms in total. The van der Waals surface area contributed by atoms with E-state index < -0.39 is 6.09 Å². The number of likely N-dealkylation sites (tertiary alicyclic amines) is 1. The lowest BCUT2D eigenvalue weighted by atomic mass is 9.84. The molecule has 1 aliphatic heterocycles. The molecule has 0 radical (unpaired) electrons. The van der Waals surface area contributed by atoms with Crippen molar-refractivity contribution in [2.45, 2.75) is 38.5 Å². The first-order chi connectivity index (χ1) is 12.0.